The minimum absolute atomic E-state index is 0.133. The van der Waals surface area contributed by atoms with E-state index in [-0.39, 0.29) is 12.0 Å². The van der Waals surface area contributed by atoms with Crippen LogP contribution in [0, 0.1) is 17.0 Å². The summed E-state index contributed by atoms with van der Waals surface area (Å²) < 4.78 is 27.2. The second kappa shape index (κ2) is 11.1. The second-order valence-corrected chi connectivity index (χ2v) is 10.5. The Bertz CT molecular complexity index is 1410. The number of fused-ring (bicyclic) bond motifs is 1. The van der Waals surface area contributed by atoms with Gasteiger partial charge in [-0.15, -0.1) is 0 Å². The minimum atomic E-state index is -1.26. The predicted octanol–water partition coefficient (Wildman–Crippen LogP) is 3.99. The molecule has 2 atom stereocenters. The summed E-state index contributed by atoms with van der Waals surface area (Å²) in [6.07, 6.45) is -1.59. The zero-order chi connectivity index (χ0) is 28.3. The lowest BCUT2D eigenvalue weighted by atomic mass is 9.86. The molecule has 39 heavy (non-hydrogen) atoms. The number of halogens is 2. The van der Waals surface area contributed by atoms with Crippen LogP contribution < -0.4 is 15.5 Å². The Morgan fingerprint density at radius 2 is 1.59 bits per heavy atom. The first kappa shape index (κ1) is 27.6. The zero-order valence-electron chi connectivity index (χ0n) is 22.2. The molecule has 4 rings (SSSR count). The van der Waals surface area contributed by atoms with Crippen molar-refractivity contribution in [1.82, 2.24) is 10.6 Å². The van der Waals surface area contributed by atoms with Crippen LogP contribution in [0.3, 0.4) is 0 Å². The van der Waals surface area contributed by atoms with Gasteiger partial charge in [0.25, 0.3) is 5.91 Å². The van der Waals surface area contributed by atoms with Gasteiger partial charge in [0.1, 0.15) is 17.7 Å². The van der Waals surface area contributed by atoms with Crippen molar-refractivity contribution in [1.29, 1.82) is 0 Å². The number of carbonyl (C=O) groups is 3. The van der Waals surface area contributed by atoms with Gasteiger partial charge in [-0.05, 0) is 29.2 Å². The van der Waals surface area contributed by atoms with Crippen LogP contribution in [-0.4, -0.2) is 42.7 Å². The van der Waals surface area contributed by atoms with Crippen molar-refractivity contribution in [3.63, 3.8) is 0 Å². The van der Waals surface area contributed by atoms with E-state index in [1.165, 1.54) is 4.90 Å². The van der Waals surface area contributed by atoms with E-state index in [0.29, 0.717) is 11.4 Å². The van der Waals surface area contributed by atoms with Gasteiger partial charge in [0, 0.05) is 24.2 Å². The zero-order valence-corrected chi connectivity index (χ0v) is 22.2. The van der Waals surface area contributed by atoms with E-state index in [0.717, 1.165) is 29.3 Å². The number of likely N-dealkylation sites (N-methyl/N-ethyl adjacent to an activating group) is 1. The monoisotopic (exact) mass is 532 g/mol. The summed E-state index contributed by atoms with van der Waals surface area (Å²) in [5, 5.41) is 5.38. The summed E-state index contributed by atoms with van der Waals surface area (Å²) in [6.45, 7) is 5.28. The molecule has 0 fully saturated rings. The van der Waals surface area contributed by atoms with E-state index in [1.54, 1.807) is 27.8 Å². The van der Waals surface area contributed by atoms with Crippen LogP contribution >= 0.6 is 0 Å². The lowest BCUT2D eigenvalue weighted by Crippen LogP contribution is -2.57. The third-order valence-electron chi connectivity index (χ3n) is 6.39. The van der Waals surface area contributed by atoms with Crippen LogP contribution in [0.4, 0.5) is 14.5 Å². The third kappa shape index (κ3) is 6.37. The van der Waals surface area contributed by atoms with Crippen LogP contribution in [0.5, 0.6) is 0 Å². The fourth-order valence-corrected chi connectivity index (χ4v) is 4.45. The predicted molar refractivity (Wildman–Crippen MR) is 145 cm³/mol. The number of amides is 3. The van der Waals surface area contributed by atoms with Gasteiger partial charge in [-0.1, -0.05) is 69.3 Å². The van der Waals surface area contributed by atoms with Gasteiger partial charge in [0.15, 0.2) is 0 Å². The average molecular weight is 533 g/mol. The number of anilines is 1. The Kier molecular flexibility index (Phi) is 7.90. The quantitative estimate of drug-likeness (QED) is 0.503. The molecule has 1 unspecified atom stereocenters. The highest BCUT2D eigenvalue weighted by atomic mass is 19.1. The number of nitrogens with zero attached hydrogens (tertiary/aromatic N) is 2. The average Bonchev–Trinajstić information content (AvgIpc) is 2.97. The molecule has 202 valence electrons. The smallest absolute Gasteiger partial charge is 0.272 e. The SMILES string of the molecule is CN1C(=O)C(NC(=O)[C@@H](NC(=O)Cc2cc(F)cc(F)c2)C(C)(C)C)N=C(c2ccccc2)c2ccccc21. The molecule has 3 aromatic rings. The first-order chi connectivity index (χ1) is 18.4. The largest absolute Gasteiger partial charge is 0.344 e. The topological polar surface area (TPSA) is 90.9 Å². The molecule has 0 spiro atoms. The molecule has 0 aromatic heterocycles. The summed E-state index contributed by atoms with van der Waals surface area (Å²) in [5.74, 6) is -3.26. The molecule has 0 bridgehead atoms. The molecule has 9 heteroatoms. The standard InChI is InChI=1S/C30H30F2N4O3/c1-30(2,3)26(33-24(37)16-18-14-20(31)17-21(32)15-18)28(38)35-27-29(39)36(4)23-13-9-8-12-22(23)25(34-27)19-10-6-5-7-11-19/h5-15,17,26-27H,16H2,1-4H3,(H,33,37)(H,35,38)/t26-,27?/m1/s1. The number of hydrogen-bond donors (Lipinski definition) is 2. The summed E-state index contributed by atoms with van der Waals surface area (Å²) >= 11 is 0. The van der Waals surface area contributed by atoms with Crippen LogP contribution in [0.15, 0.2) is 77.8 Å². The molecule has 0 radical (unpaired) electrons. The molecule has 2 N–H and O–H groups in total. The van der Waals surface area contributed by atoms with Crippen molar-refractivity contribution in [3.05, 3.63) is 101 Å². The van der Waals surface area contributed by atoms with E-state index < -0.39 is 47.0 Å². The molecule has 0 aliphatic carbocycles. The molecule has 1 aliphatic heterocycles. The van der Waals surface area contributed by atoms with E-state index in [4.69, 9.17) is 0 Å². The van der Waals surface area contributed by atoms with Crippen LogP contribution in [0.25, 0.3) is 0 Å². The van der Waals surface area contributed by atoms with Gasteiger partial charge in [-0.3, -0.25) is 14.4 Å². The van der Waals surface area contributed by atoms with Gasteiger partial charge < -0.3 is 15.5 Å². The summed E-state index contributed by atoms with van der Waals surface area (Å²) in [5.41, 5.74) is 2.06. The van der Waals surface area contributed by atoms with E-state index >= 15 is 0 Å². The van der Waals surface area contributed by atoms with Crippen LogP contribution in [0.1, 0.15) is 37.5 Å². The van der Waals surface area contributed by atoms with Crippen molar-refractivity contribution >= 4 is 29.1 Å². The summed E-state index contributed by atoms with van der Waals surface area (Å²) in [4.78, 5) is 46.0. The number of benzodiazepines with no additional fused rings is 1. The Morgan fingerprint density at radius 3 is 2.23 bits per heavy atom. The highest BCUT2D eigenvalue weighted by Gasteiger charge is 2.37. The van der Waals surface area contributed by atoms with Crippen molar-refractivity contribution in [2.24, 2.45) is 10.4 Å². The molecule has 3 aromatic carbocycles. The number of rotatable bonds is 6. The first-order valence-electron chi connectivity index (χ1n) is 12.5. The molecule has 0 saturated carbocycles. The number of hydrogen-bond acceptors (Lipinski definition) is 4. The minimum Gasteiger partial charge on any atom is -0.344 e. The maximum atomic E-state index is 13.6. The summed E-state index contributed by atoms with van der Waals surface area (Å²) in [6, 6.07) is 18.5. The Balaban J connectivity index is 1.62. The summed E-state index contributed by atoms with van der Waals surface area (Å²) in [7, 11) is 1.62. The molecule has 1 aliphatic rings. The highest BCUT2D eigenvalue weighted by Crippen LogP contribution is 2.27. The first-order valence-corrected chi connectivity index (χ1v) is 12.5. The van der Waals surface area contributed by atoms with Gasteiger partial charge in [0.2, 0.25) is 18.0 Å². The normalized spacial score (nSPS) is 16.1. The molecule has 7 nitrogen and oxygen atoms in total. The van der Waals surface area contributed by atoms with Gasteiger partial charge in [0.05, 0.1) is 17.8 Å². The maximum absolute atomic E-state index is 13.6. The second-order valence-electron chi connectivity index (χ2n) is 10.5. The van der Waals surface area contributed by atoms with E-state index in [9.17, 15) is 23.2 Å². The highest BCUT2D eigenvalue weighted by molar-refractivity contribution is 6.20. The molecule has 0 saturated heterocycles. The van der Waals surface area contributed by atoms with Crippen molar-refractivity contribution in [3.8, 4) is 0 Å². The molecular weight excluding hydrogens is 502 g/mol. The number of benzene rings is 3. The van der Waals surface area contributed by atoms with E-state index in [1.807, 2.05) is 54.6 Å². The Hall–Kier alpha value is -4.40. The lowest BCUT2D eigenvalue weighted by Gasteiger charge is -2.31. The fourth-order valence-electron chi connectivity index (χ4n) is 4.45. The van der Waals surface area contributed by atoms with Crippen molar-refractivity contribution in [2.45, 2.75) is 39.4 Å². The number of para-hydroxylation sites is 1. The number of aliphatic imine (C=N–C) groups is 1. The third-order valence-corrected chi connectivity index (χ3v) is 6.39. The molecular formula is C30H30F2N4O3. The number of nitrogens with one attached hydrogen (secondary N) is 2. The Morgan fingerprint density at radius 1 is 0.974 bits per heavy atom. The fraction of sp³-hybridized carbons (Fsp3) is 0.267. The maximum Gasteiger partial charge on any atom is 0.272 e. The molecule has 3 amide bonds. The van der Waals surface area contributed by atoms with Crippen LogP contribution in [-0.2, 0) is 20.8 Å². The van der Waals surface area contributed by atoms with Crippen molar-refractivity contribution < 1.29 is 23.2 Å². The van der Waals surface area contributed by atoms with E-state index in [2.05, 4.69) is 15.6 Å². The lowest BCUT2D eigenvalue weighted by molar-refractivity contribution is -0.133. The Labute approximate surface area is 225 Å². The molecule has 1 heterocycles. The number of carbonyl (C=O) groups excluding carboxylic acids is 3. The van der Waals surface area contributed by atoms with Gasteiger partial charge in [-0.2, -0.15) is 0 Å². The van der Waals surface area contributed by atoms with Gasteiger partial charge >= 0.3 is 0 Å². The van der Waals surface area contributed by atoms with Crippen molar-refractivity contribution in [2.75, 3.05) is 11.9 Å². The van der Waals surface area contributed by atoms with Crippen LogP contribution in [0.2, 0.25) is 0 Å². The van der Waals surface area contributed by atoms with Gasteiger partial charge in [-0.25, -0.2) is 13.8 Å².